The average molecular weight is 353 g/mol. The van der Waals surface area contributed by atoms with Crippen LogP contribution in [0, 0.1) is 23.2 Å². The lowest BCUT2D eigenvalue weighted by Gasteiger charge is -2.62. The van der Waals surface area contributed by atoms with Gasteiger partial charge in [0.25, 0.3) is 0 Å². The van der Waals surface area contributed by atoms with Gasteiger partial charge in [0, 0.05) is 5.41 Å². The van der Waals surface area contributed by atoms with Crippen LogP contribution in [0.15, 0.2) is 42.5 Å². The summed E-state index contributed by atoms with van der Waals surface area (Å²) in [6, 6.07) is 10.4. The lowest BCUT2D eigenvalue weighted by atomic mass is 9.44. The third-order valence-corrected chi connectivity index (χ3v) is 8.25. The molecule has 2 nitrogen and oxygen atoms in total. The molecule has 5 aliphatic carbocycles. The Morgan fingerprint density at radius 1 is 0.808 bits per heavy atom. The van der Waals surface area contributed by atoms with Crippen molar-refractivity contribution in [2.75, 3.05) is 0 Å². The van der Waals surface area contributed by atoms with Crippen molar-refractivity contribution in [2.24, 2.45) is 23.2 Å². The molecule has 0 aliphatic heterocycles. The van der Waals surface area contributed by atoms with Gasteiger partial charge in [-0.2, -0.15) is 0 Å². The van der Waals surface area contributed by atoms with Crippen LogP contribution in [-0.2, 0) is 6.42 Å². The van der Waals surface area contributed by atoms with Gasteiger partial charge in [-0.1, -0.05) is 42.5 Å². The SMILES string of the molecule is OC1(CCc2ccccc2)C=CC(O)(C23CC4CC(CC(C4)C2)C3)CC1. The summed E-state index contributed by atoms with van der Waals surface area (Å²) in [7, 11) is 0. The molecule has 4 fully saturated rings. The van der Waals surface area contributed by atoms with Gasteiger partial charge >= 0.3 is 0 Å². The molecule has 4 bridgehead atoms. The first-order valence-corrected chi connectivity index (χ1v) is 10.7. The van der Waals surface area contributed by atoms with Gasteiger partial charge < -0.3 is 10.2 Å². The average Bonchev–Trinajstić information content (AvgIpc) is 2.63. The smallest absolute Gasteiger partial charge is 0.0886 e. The third kappa shape index (κ3) is 2.77. The quantitative estimate of drug-likeness (QED) is 0.775. The number of aryl methyl sites for hydroxylation is 1. The minimum absolute atomic E-state index is 0.0962. The summed E-state index contributed by atoms with van der Waals surface area (Å²) in [6.07, 6.45) is 14.9. The van der Waals surface area contributed by atoms with Crippen LogP contribution in [0.2, 0.25) is 0 Å². The van der Waals surface area contributed by atoms with E-state index in [2.05, 4.69) is 24.3 Å². The highest BCUT2D eigenvalue weighted by molar-refractivity contribution is 5.24. The maximum Gasteiger partial charge on any atom is 0.0886 e. The highest BCUT2D eigenvalue weighted by Gasteiger charge is 2.60. The Balaban J connectivity index is 1.32. The van der Waals surface area contributed by atoms with Crippen molar-refractivity contribution in [3.8, 4) is 0 Å². The van der Waals surface area contributed by atoms with Crippen molar-refractivity contribution >= 4 is 0 Å². The van der Waals surface area contributed by atoms with Gasteiger partial charge in [0.1, 0.15) is 0 Å². The Labute approximate surface area is 157 Å². The molecule has 0 radical (unpaired) electrons. The van der Waals surface area contributed by atoms with Crippen molar-refractivity contribution in [1.82, 2.24) is 0 Å². The molecule has 6 rings (SSSR count). The number of hydrogen-bond acceptors (Lipinski definition) is 2. The van der Waals surface area contributed by atoms with Gasteiger partial charge in [-0.15, -0.1) is 0 Å². The van der Waals surface area contributed by atoms with Gasteiger partial charge in [-0.05, 0) is 87.5 Å². The molecule has 5 aliphatic rings. The van der Waals surface area contributed by atoms with E-state index in [-0.39, 0.29) is 5.41 Å². The Bertz CT molecular complexity index is 658. The van der Waals surface area contributed by atoms with Crippen LogP contribution in [0.3, 0.4) is 0 Å². The van der Waals surface area contributed by atoms with Crippen LogP contribution in [0.4, 0.5) is 0 Å². The summed E-state index contributed by atoms with van der Waals surface area (Å²) in [5.41, 5.74) is -0.0815. The van der Waals surface area contributed by atoms with Crippen LogP contribution >= 0.6 is 0 Å². The number of hydrogen-bond donors (Lipinski definition) is 2. The lowest BCUT2D eigenvalue weighted by molar-refractivity contribution is -0.167. The molecule has 2 N–H and O–H groups in total. The van der Waals surface area contributed by atoms with E-state index in [1.54, 1.807) is 0 Å². The minimum atomic E-state index is -0.760. The molecule has 4 saturated carbocycles. The molecule has 0 amide bonds. The number of benzene rings is 1. The molecule has 2 atom stereocenters. The normalized spacial score (nSPS) is 46.6. The second-order valence-electron chi connectivity index (χ2n) is 10.0. The topological polar surface area (TPSA) is 40.5 Å². The molecular weight excluding hydrogens is 320 g/mol. The molecule has 0 saturated heterocycles. The number of rotatable bonds is 4. The fraction of sp³-hybridized carbons (Fsp3) is 0.667. The van der Waals surface area contributed by atoms with Crippen molar-refractivity contribution < 1.29 is 10.2 Å². The van der Waals surface area contributed by atoms with Gasteiger partial charge in [0.15, 0.2) is 0 Å². The Morgan fingerprint density at radius 2 is 1.42 bits per heavy atom. The van der Waals surface area contributed by atoms with Crippen LogP contribution in [-0.4, -0.2) is 21.4 Å². The third-order valence-electron chi connectivity index (χ3n) is 8.25. The summed E-state index contributed by atoms with van der Waals surface area (Å²) >= 11 is 0. The van der Waals surface area contributed by atoms with E-state index in [0.29, 0.717) is 6.42 Å². The number of aliphatic hydroxyl groups is 2. The summed E-state index contributed by atoms with van der Waals surface area (Å²) < 4.78 is 0. The van der Waals surface area contributed by atoms with E-state index >= 15 is 0 Å². The fourth-order valence-corrected chi connectivity index (χ4v) is 7.16. The zero-order valence-corrected chi connectivity index (χ0v) is 15.7. The predicted molar refractivity (Wildman–Crippen MR) is 104 cm³/mol. The molecule has 140 valence electrons. The van der Waals surface area contributed by atoms with Crippen LogP contribution < -0.4 is 0 Å². The Kier molecular flexibility index (Phi) is 3.89. The highest BCUT2D eigenvalue weighted by atomic mass is 16.3. The molecular formula is C24H32O2. The van der Waals surface area contributed by atoms with Crippen molar-refractivity contribution in [3.63, 3.8) is 0 Å². The Morgan fingerprint density at radius 3 is 1.96 bits per heavy atom. The summed E-state index contributed by atoms with van der Waals surface area (Å²) in [4.78, 5) is 0. The van der Waals surface area contributed by atoms with Gasteiger partial charge in [-0.3, -0.25) is 0 Å². The second-order valence-corrected chi connectivity index (χ2v) is 10.0. The van der Waals surface area contributed by atoms with Gasteiger partial charge in [0.2, 0.25) is 0 Å². The molecule has 2 unspecified atom stereocenters. The van der Waals surface area contributed by atoms with E-state index < -0.39 is 11.2 Å². The maximum atomic E-state index is 11.7. The second kappa shape index (κ2) is 5.94. The zero-order valence-electron chi connectivity index (χ0n) is 15.7. The first kappa shape index (κ1) is 17.0. The minimum Gasteiger partial charge on any atom is -0.386 e. The molecule has 1 aromatic rings. The van der Waals surface area contributed by atoms with Gasteiger partial charge in [0.05, 0.1) is 11.2 Å². The Hall–Kier alpha value is -1.12. The summed E-state index contributed by atoms with van der Waals surface area (Å²) in [5, 5.41) is 22.7. The molecule has 1 aromatic carbocycles. The van der Waals surface area contributed by atoms with Crippen molar-refractivity contribution in [2.45, 2.75) is 75.4 Å². The molecule has 26 heavy (non-hydrogen) atoms. The van der Waals surface area contributed by atoms with Crippen LogP contribution in [0.25, 0.3) is 0 Å². The predicted octanol–water partition coefficient (Wildman–Crippen LogP) is 4.65. The summed E-state index contributed by atoms with van der Waals surface area (Å²) in [6.45, 7) is 0. The first-order chi connectivity index (χ1) is 12.5. The monoisotopic (exact) mass is 352 g/mol. The van der Waals surface area contributed by atoms with Gasteiger partial charge in [-0.25, -0.2) is 0 Å². The first-order valence-electron chi connectivity index (χ1n) is 10.7. The largest absolute Gasteiger partial charge is 0.386 e. The van der Waals surface area contributed by atoms with Crippen molar-refractivity contribution in [1.29, 1.82) is 0 Å². The van der Waals surface area contributed by atoms with E-state index in [1.165, 1.54) is 44.1 Å². The van der Waals surface area contributed by atoms with Crippen LogP contribution in [0.1, 0.15) is 63.4 Å². The molecule has 2 heteroatoms. The van der Waals surface area contributed by atoms with E-state index in [1.807, 2.05) is 18.2 Å². The fourth-order valence-electron chi connectivity index (χ4n) is 7.16. The standard InChI is InChI=1S/C24H32O2/c25-23(7-6-18-4-2-1-3-5-18)8-10-24(26,11-9-23)22-15-19-12-20(16-22)14-21(13-19)17-22/h1-5,8,10,19-21,25-26H,6-7,9,11-17H2. The van der Waals surface area contributed by atoms with E-state index in [0.717, 1.165) is 37.0 Å². The van der Waals surface area contributed by atoms with Crippen LogP contribution in [0.5, 0.6) is 0 Å². The lowest BCUT2D eigenvalue weighted by Crippen LogP contribution is -2.59. The zero-order chi connectivity index (χ0) is 17.8. The highest BCUT2D eigenvalue weighted by Crippen LogP contribution is 2.65. The van der Waals surface area contributed by atoms with E-state index in [9.17, 15) is 10.2 Å². The summed E-state index contributed by atoms with van der Waals surface area (Å²) in [5.74, 6) is 2.53. The van der Waals surface area contributed by atoms with Crippen molar-refractivity contribution in [3.05, 3.63) is 48.0 Å². The molecule has 0 spiro atoms. The molecule has 0 heterocycles. The maximum absolute atomic E-state index is 11.7. The van der Waals surface area contributed by atoms with E-state index in [4.69, 9.17) is 0 Å². The molecule has 0 aromatic heterocycles.